The van der Waals surface area contributed by atoms with Gasteiger partial charge in [-0.25, -0.2) is 0 Å². The first-order valence-corrected chi connectivity index (χ1v) is 8.09. The van der Waals surface area contributed by atoms with Crippen LogP contribution < -0.4 is 10.5 Å². The Morgan fingerprint density at radius 3 is 2.53 bits per heavy atom. The van der Waals surface area contributed by atoms with Crippen molar-refractivity contribution in [2.45, 2.75) is 25.3 Å². The first-order chi connectivity index (χ1) is 9.20. The number of halogens is 1. The van der Waals surface area contributed by atoms with Crippen molar-refractivity contribution in [3.8, 4) is 5.75 Å². The zero-order chi connectivity index (χ0) is 13.1. The first-order valence-electron chi connectivity index (χ1n) is 7.29. The largest absolute Gasteiger partial charge is 0.497 e. The highest BCUT2D eigenvalue weighted by atomic mass is 79.9. The van der Waals surface area contributed by atoms with Gasteiger partial charge in [0.2, 0.25) is 0 Å². The Balaban J connectivity index is 1.57. The van der Waals surface area contributed by atoms with Crippen molar-refractivity contribution < 1.29 is 4.74 Å². The Labute approximate surface area is 122 Å². The third-order valence-electron chi connectivity index (χ3n) is 5.78. The van der Waals surface area contributed by atoms with E-state index in [9.17, 15) is 0 Å². The van der Waals surface area contributed by atoms with Crippen molar-refractivity contribution in [3.63, 3.8) is 0 Å². The summed E-state index contributed by atoms with van der Waals surface area (Å²) in [5.41, 5.74) is 7.81. The number of methoxy groups -OCH3 is 1. The Kier molecular flexibility index (Phi) is 2.72. The second-order valence-corrected chi connectivity index (χ2v) is 7.33. The van der Waals surface area contributed by atoms with Crippen molar-refractivity contribution in [2.24, 2.45) is 35.3 Å². The van der Waals surface area contributed by atoms with E-state index in [-0.39, 0.29) is 6.04 Å². The van der Waals surface area contributed by atoms with Crippen molar-refractivity contribution in [2.75, 3.05) is 7.11 Å². The van der Waals surface area contributed by atoms with Gasteiger partial charge >= 0.3 is 0 Å². The summed E-state index contributed by atoms with van der Waals surface area (Å²) in [5.74, 6) is 5.46. The van der Waals surface area contributed by atoms with Crippen LogP contribution in [0.3, 0.4) is 0 Å². The summed E-state index contributed by atoms with van der Waals surface area (Å²) >= 11 is 3.65. The van der Waals surface area contributed by atoms with E-state index in [0.717, 1.165) is 39.8 Å². The van der Waals surface area contributed by atoms with Gasteiger partial charge in [-0.3, -0.25) is 0 Å². The number of fused-ring (bicyclic) bond motifs is 5. The van der Waals surface area contributed by atoms with Crippen LogP contribution in [0.2, 0.25) is 0 Å². The highest BCUT2D eigenvalue weighted by Gasteiger charge is 2.66. The number of hydrogen-bond donors (Lipinski definition) is 1. The van der Waals surface area contributed by atoms with Crippen LogP contribution in [0.4, 0.5) is 0 Å². The summed E-state index contributed by atoms with van der Waals surface area (Å²) < 4.78 is 6.35. The SMILES string of the molecule is COc1ccc(C(N)C2C3C4CCC(C4)C32)c(Br)c1. The van der Waals surface area contributed by atoms with E-state index in [1.165, 1.54) is 24.8 Å². The second kappa shape index (κ2) is 4.23. The van der Waals surface area contributed by atoms with E-state index in [2.05, 4.69) is 22.0 Å². The molecular formula is C16H20BrNO. The predicted molar refractivity (Wildman–Crippen MR) is 78.9 cm³/mol. The molecule has 3 aliphatic rings. The smallest absolute Gasteiger partial charge is 0.120 e. The lowest BCUT2D eigenvalue weighted by molar-refractivity contribution is 0.409. The molecule has 1 aromatic carbocycles. The molecule has 1 aromatic rings. The van der Waals surface area contributed by atoms with Crippen LogP contribution in [-0.4, -0.2) is 7.11 Å². The molecule has 3 fully saturated rings. The van der Waals surface area contributed by atoms with Crippen LogP contribution in [0, 0.1) is 29.6 Å². The highest BCUT2D eigenvalue weighted by molar-refractivity contribution is 9.10. The number of benzene rings is 1. The molecule has 3 heteroatoms. The molecule has 0 aliphatic heterocycles. The van der Waals surface area contributed by atoms with Crippen LogP contribution in [0.1, 0.15) is 30.9 Å². The molecule has 5 atom stereocenters. The number of hydrogen-bond acceptors (Lipinski definition) is 2. The van der Waals surface area contributed by atoms with Gasteiger partial charge in [-0.2, -0.15) is 0 Å². The van der Waals surface area contributed by atoms with Crippen LogP contribution in [0.5, 0.6) is 5.75 Å². The van der Waals surface area contributed by atoms with E-state index in [1.807, 2.05) is 12.1 Å². The van der Waals surface area contributed by atoms with Crippen molar-refractivity contribution in [3.05, 3.63) is 28.2 Å². The Hall–Kier alpha value is -0.540. The highest BCUT2D eigenvalue weighted by Crippen LogP contribution is 2.72. The molecule has 19 heavy (non-hydrogen) atoms. The first kappa shape index (κ1) is 12.2. The zero-order valence-electron chi connectivity index (χ0n) is 11.2. The standard InChI is InChI=1S/C16H20BrNO/c1-19-10-4-5-11(12(17)7-10)16(18)15-13-8-2-3-9(6-8)14(13)15/h4-5,7-9,13-16H,2-3,6,18H2,1H3. The fourth-order valence-corrected chi connectivity index (χ4v) is 5.61. The van der Waals surface area contributed by atoms with Gasteiger partial charge in [0.25, 0.3) is 0 Å². The summed E-state index contributed by atoms with van der Waals surface area (Å²) in [6.45, 7) is 0. The van der Waals surface area contributed by atoms with Crippen molar-refractivity contribution in [1.29, 1.82) is 0 Å². The third kappa shape index (κ3) is 1.71. The number of ether oxygens (including phenoxy) is 1. The van der Waals surface area contributed by atoms with Gasteiger partial charge in [0, 0.05) is 10.5 Å². The third-order valence-corrected chi connectivity index (χ3v) is 6.46. The summed E-state index contributed by atoms with van der Waals surface area (Å²) in [4.78, 5) is 0. The Bertz CT molecular complexity index is 501. The molecular weight excluding hydrogens is 302 g/mol. The lowest BCUT2D eigenvalue weighted by Gasteiger charge is -2.18. The monoisotopic (exact) mass is 321 g/mol. The molecule has 0 amide bonds. The summed E-state index contributed by atoms with van der Waals surface area (Å²) in [5, 5.41) is 0. The molecule has 0 spiro atoms. The fourth-order valence-electron chi connectivity index (χ4n) is 4.99. The summed E-state index contributed by atoms with van der Waals surface area (Å²) in [6, 6.07) is 6.37. The van der Waals surface area contributed by atoms with Gasteiger partial charge in [-0.05, 0) is 66.5 Å². The van der Waals surface area contributed by atoms with Crippen LogP contribution in [0.25, 0.3) is 0 Å². The van der Waals surface area contributed by atoms with Gasteiger partial charge in [-0.1, -0.05) is 22.0 Å². The van der Waals surface area contributed by atoms with Crippen molar-refractivity contribution in [1.82, 2.24) is 0 Å². The van der Waals surface area contributed by atoms with Crippen LogP contribution >= 0.6 is 15.9 Å². The maximum atomic E-state index is 6.56. The minimum atomic E-state index is 0.193. The Morgan fingerprint density at radius 2 is 1.95 bits per heavy atom. The average Bonchev–Trinajstić information content (AvgIpc) is 2.86. The molecule has 0 saturated heterocycles. The van der Waals surface area contributed by atoms with E-state index < -0.39 is 0 Å². The van der Waals surface area contributed by atoms with Crippen LogP contribution in [0.15, 0.2) is 22.7 Å². The normalized spacial score (nSPS) is 40.1. The maximum absolute atomic E-state index is 6.56. The Morgan fingerprint density at radius 1 is 1.26 bits per heavy atom. The number of rotatable bonds is 3. The quantitative estimate of drug-likeness (QED) is 0.920. The van der Waals surface area contributed by atoms with Gasteiger partial charge < -0.3 is 10.5 Å². The predicted octanol–water partition coefficient (Wildman–Crippen LogP) is 3.75. The summed E-state index contributed by atoms with van der Waals surface area (Å²) in [6.07, 6.45) is 4.40. The lowest BCUT2D eigenvalue weighted by Crippen LogP contribution is -2.18. The van der Waals surface area contributed by atoms with E-state index >= 15 is 0 Å². The topological polar surface area (TPSA) is 35.2 Å². The summed E-state index contributed by atoms with van der Waals surface area (Å²) in [7, 11) is 1.70. The van der Waals surface area contributed by atoms with Gasteiger partial charge in [0.15, 0.2) is 0 Å². The molecule has 2 N–H and O–H groups in total. The van der Waals surface area contributed by atoms with Gasteiger partial charge in [0.05, 0.1) is 7.11 Å². The second-order valence-electron chi connectivity index (χ2n) is 6.48. The van der Waals surface area contributed by atoms with Gasteiger partial charge in [-0.15, -0.1) is 0 Å². The molecule has 102 valence electrons. The van der Waals surface area contributed by atoms with Crippen molar-refractivity contribution >= 4 is 15.9 Å². The molecule has 0 radical (unpaired) electrons. The molecule has 2 nitrogen and oxygen atoms in total. The molecule has 0 aromatic heterocycles. The zero-order valence-corrected chi connectivity index (χ0v) is 12.8. The molecule has 4 rings (SSSR count). The lowest BCUT2D eigenvalue weighted by atomic mass is 9.93. The molecule has 5 unspecified atom stereocenters. The number of nitrogens with two attached hydrogens (primary N) is 1. The molecule has 2 bridgehead atoms. The van der Waals surface area contributed by atoms with E-state index in [0.29, 0.717) is 0 Å². The van der Waals surface area contributed by atoms with Gasteiger partial charge in [0.1, 0.15) is 5.75 Å². The molecule has 0 heterocycles. The van der Waals surface area contributed by atoms with Crippen LogP contribution in [-0.2, 0) is 0 Å². The fraction of sp³-hybridized carbons (Fsp3) is 0.625. The molecule has 3 aliphatic carbocycles. The maximum Gasteiger partial charge on any atom is 0.120 e. The van der Waals surface area contributed by atoms with E-state index in [4.69, 9.17) is 10.5 Å². The average molecular weight is 322 g/mol. The molecule has 3 saturated carbocycles. The van der Waals surface area contributed by atoms with E-state index in [1.54, 1.807) is 7.11 Å². The minimum absolute atomic E-state index is 0.193. The minimum Gasteiger partial charge on any atom is -0.497 e.